The number of morpholine rings is 1. The SMILES string of the molecule is CC(CNC(=O)c1csc2c1CCCC2)N1CCOCC1. The summed E-state index contributed by atoms with van der Waals surface area (Å²) in [6, 6.07) is 0.368. The molecule has 1 aromatic heterocycles. The molecule has 2 aliphatic rings. The maximum atomic E-state index is 12.4. The third-order valence-electron chi connectivity index (χ3n) is 4.53. The van der Waals surface area contributed by atoms with E-state index in [0.29, 0.717) is 12.6 Å². The fourth-order valence-electron chi connectivity index (χ4n) is 3.17. The Hall–Kier alpha value is -0.910. The highest BCUT2D eigenvalue weighted by atomic mass is 32.1. The van der Waals surface area contributed by atoms with E-state index in [2.05, 4.69) is 17.1 Å². The molecule has 1 unspecified atom stereocenters. The molecule has 1 N–H and O–H groups in total. The summed E-state index contributed by atoms with van der Waals surface area (Å²) in [7, 11) is 0. The Morgan fingerprint density at radius 2 is 2.14 bits per heavy atom. The van der Waals surface area contributed by atoms with E-state index in [-0.39, 0.29) is 5.91 Å². The van der Waals surface area contributed by atoms with Crippen molar-refractivity contribution < 1.29 is 9.53 Å². The molecule has 1 amide bonds. The van der Waals surface area contributed by atoms with Gasteiger partial charge in [-0.15, -0.1) is 11.3 Å². The summed E-state index contributed by atoms with van der Waals surface area (Å²) in [5.41, 5.74) is 2.23. The van der Waals surface area contributed by atoms with E-state index >= 15 is 0 Å². The molecule has 1 aliphatic heterocycles. The first-order chi connectivity index (χ1) is 10.3. The molecule has 1 aliphatic carbocycles. The lowest BCUT2D eigenvalue weighted by Gasteiger charge is -2.32. The van der Waals surface area contributed by atoms with Crippen molar-refractivity contribution in [3.63, 3.8) is 0 Å². The van der Waals surface area contributed by atoms with Gasteiger partial charge >= 0.3 is 0 Å². The van der Waals surface area contributed by atoms with Gasteiger partial charge in [0, 0.05) is 35.9 Å². The second kappa shape index (κ2) is 6.90. The van der Waals surface area contributed by atoms with Gasteiger partial charge in [0.05, 0.1) is 18.8 Å². The van der Waals surface area contributed by atoms with Gasteiger partial charge in [-0.3, -0.25) is 9.69 Å². The van der Waals surface area contributed by atoms with Crippen LogP contribution in [0.15, 0.2) is 5.38 Å². The number of carbonyl (C=O) groups excluding carboxylic acids is 1. The van der Waals surface area contributed by atoms with Crippen molar-refractivity contribution in [2.45, 2.75) is 38.6 Å². The first-order valence-electron chi connectivity index (χ1n) is 7.95. The molecular formula is C16H24N2O2S. The number of fused-ring (bicyclic) bond motifs is 1. The van der Waals surface area contributed by atoms with Gasteiger partial charge in [-0.25, -0.2) is 0 Å². The van der Waals surface area contributed by atoms with E-state index in [0.717, 1.165) is 44.7 Å². The minimum atomic E-state index is 0.106. The number of nitrogens with zero attached hydrogens (tertiary/aromatic N) is 1. The number of nitrogens with one attached hydrogen (secondary N) is 1. The third kappa shape index (κ3) is 3.47. The fourth-order valence-corrected chi connectivity index (χ4v) is 4.29. The van der Waals surface area contributed by atoms with Crippen molar-refractivity contribution in [3.8, 4) is 0 Å². The van der Waals surface area contributed by atoms with E-state index in [1.807, 2.05) is 5.38 Å². The second-order valence-corrected chi connectivity index (χ2v) is 6.93. The molecule has 1 fully saturated rings. The van der Waals surface area contributed by atoms with Crippen LogP contribution in [0.2, 0.25) is 0 Å². The average Bonchev–Trinajstić information content (AvgIpc) is 2.97. The Morgan fingerprint density at radius 1 is 1.38 bits per heavy atom. The molecule has 0 bridgehead atoms. The smallest absolute Gasteiger partial charge is 0.252 e. The summed E-state index contributed by atoms with van der Waals surface area (Å²) < 4.78 is 5.37. The van der Waals surface area contributed by atoms with Crippen LogP contribution in [-0.2, 0) is 17.6 Å². The van der Waals surface area contributed by atoms with E-state index in [1.165, 1.54) is 23.3 Å². The highest BCUT2D eigenvalue weighted by Crippen LogP contribution is 2.30. The van der Waals surface area contributed by atoms with E-state index in [1.54, 1.807) is 11.3 Å². The van der Waals surface area contributed by atoms with Crippen molar-refractivity contribution in [2.24, 2.45) is 0 Å². The van der Waals surface area contributed by atoms with Crippen molar-refractivity contribution in [1.29, 1.82) is 0 Å². The van der Waals surface area contributed by atoms with Crippen LogP contribution in [0.25, 0.3) is 0 Å². The Kier molecular flexibility index (Phi) is 4.93. The van der Waals surface area contributed by atoms with Gasteiger partial charge in [0.25, 0.3) is 5.91 Å². The Labute approximate surface area is 130 Å². The van der Waals surface area contributed by atoms with Crippen LogP contribution in [0, 0.1) is 0 Å². The van der Waals surface area contributed by atoms with Crippen molar-refractivity contribution >= 4 is 17.2 Å². The summed E-state index contributed by atoms with van der Waals surface area (Å²) in [4.78, 5) is 16.2. The fraction of sp³-hybridized carbons (Fsp3) is 0.688. The second-order valence-electron chi connectivity index (χ2n) is 5.97. The Bertz CT molecular complexity index is 494. The molecular weight excluding hydrogens is 284 g/mol. The van der Waals surface area contributed by atoms with Gasteiger partial charge in [-0.1, -0.05) is 0 Å². The maximum absolute atomic E-state index is 12.4. The largest absolute Gasteiger partial charge is 0.379 e. The molecule has 1 atom stereocenters. The lowest BCUT2D eigenvalue weighted by molar-refractivity contribution is 0.0204. The van der Waals surface area contributed by atoms with Crippen LogP contribution in [-0.4, -0.2) is 49.7 Å². The summed E-state index contributed by atoms with van der Waals surface area (Å²) in [6.45, 7) is 6.42. The standard InChI is InChI=1S/C16H24N2O2S/c1-12(18-6-8-20-9-7-18)10-17-16(19)14-11-21-15-5-3-2-4-13(14)15/h11-12H,2-10H2,1H3,(H,17,19). The van der Waals surface area contributed by atoms with Gasteiger partial charge in [-0.2, -0.15) is 0 Å². The minimum Gasteiger partial charge on any atom is -0.379 e. The van der Waals surface area contributed by atoms with E-state index < -0.39 is 0 Å². The van der Waals surface area contributed by atoms with Crippen LogP contribution in [0.1, 0.15) is 40.6 Å². The molecule has 0 saturated carbocycles. The number of rotatable bonds is 4. The normalized spacial score (nSPS) is 20.8. The van der Waals surface area contributed by atoms with Crippen LogP contribution in [0.4, 0.5) is 0 Å². The quantitative estimate of drug-likeness (QED) is 0.926. The molecule has 116 valence electrons. The zero-order valence-corrected chi connectivity index (χ0v) is 13.5. The van der Waals surface area contributed by atoms with Gasteiger partial charge in [0.2, 0.25) is 0 Å². The van der Waals surface area contributed by atoms with Crippen molar-refractivity contribution in [1.82, 2.24) is 10.2 Å². The summed E-state index contributed by atoms with van der Waals surface area (Å²) in [6.07, 6.45) is 4.70. The first kappa shape index (κ1) is 15.0. The predicted octanol–water partition coefficient (Wildman–Crippen LogP) is 2.08. The summed E-state index contributed by atoms with van der Waals surface area (Å²) >= 11 is 1.75. The molecule has 5 heteroatoms. The maximum Gasteiger partial charge on any atom is 0.252 e. The molecule has 1 aromatic rings. The third-order valence-corrected chi connectivity index (χ3v) is 5.62. The van der Waals surface area contributed by atoms with Crippen LogP contribution >= 0.6 is 11.3 Å². The molecule has 1 saturated heterocycles. The first-order valence-corrected chi connectivity index (χ1v) is 8.83. The zero-order chi connectivity index (χ0) is 14.7. The number of ether oxygens (including phenoxy) is 1. The van der Waals surface area contributed by atoms with E-state index in [4.69, 9.17) is 4.74 Å². The number of aryl methyl sites for hydroxylation is 1. The number of hydrogen-bond acceptors (Lipinski definition) is 4. The zero-order valence-electron chi connectivity index (χ0n) is 12.7. The predicted molar refractivity (Wildman–Crippen MR) is 85.1 cm³/mol. The highest BCUT2D eigenvalue weighted by molar-refractivity contribution is 7.10. The van der Waals surface area contributed by atoms with Gasteiger partial charge < -0.3 is 10.1 Å². The highest BCUT2D eigenvalue weighted by Gasteiger charge is 2.21. The molecule has 0 aromatic carbocycles. The molecule has 21 heavy (non-hydrogen) atoms. The Morgan fingerprint density at radius 3 is 2.95 bits per heavy atom. The molecule has 3 rings (SSSR count). The molecule has 2 heterocycles. The average molecular weight is 308 g/mol. The lowest BCUT2D eigenvalue weighted by atomic mass is 9.95. The Balaban J connectivity index is 1.55. The van der Waals surface area contributed by atoms with Gasteiger partial charge in [0.15, 0.2) is 0 Å². The minimum absolute atomic E-state index is 0.106. The van der Waals surface area contributed by atoms with Crippen LogP contribution in [0.5, 0.6) is 0 Å². The number of carbonyl (C=O) groups is 1. The van der Waals surface area contributed by atoms with Crippen LogP contribution in [0.3, 0.4) is 0 Å². The van der Waals surface area contributed by atoms with Gasteiger partial charge in [-0.05, 0) is 38.2 Å². The number of thiophene rings is 1. The molecule has 4 nitrogen and oxygen atoms in total. The van der Waals surface area contributed by atoms with Crippen molar-refractivity contribution in [2.75, 3.05) is 32.8 Å². The lowest BCUT2D eigenvalue weighted by Crippen LogP contribution is -2.47. The number of amides is 1. The number of hydrogen-bond donors (Lipinski definition) is 1. The van der Waals surface area contributed by atoms with Crippen LogP contribution < -0.4 is 5.32 Å². The van der Waals surface area contributed by atoms with E-state index in [9.17, 15) is 4.79 Å². The molecule has 0 radical (unpaired) electrons. The van der Waals surface area contributed by atoms with Crippen molar-refractivity contribution in [3.05, 3.63) is 21.4 Å². The topological polar surface area (TPSA) is 41.6 Å². The summed E-state index contributed by atoms with van der Waals surface area (Å²) in [5, 5.41) is 5.16. The summed E-state index contributed by atoms with van der Waals surface area (Å²) in [5.74, 6) is 0.106. The van der Waals surface area contributed by atoms with Gasteiger partial charge in [0.1, 0.15) is 0 Å². The monoisotopic (exact) mass is 308 g/mol. The molecule has 0 spiro atoms.